The van der Waals surface area contributed by atoms with Crippen molar-refractivity contribution in [1.29, 1.82) is 0 Å². The van der Waals surface area contributed by atoms with E-state index in [0.29, 0.717) is 13.0 Å². The lowest BCUT2D eigenvalue weighted by Crippen LogP contribution is -3.08. The Labute approximate surface area is 189 Å². The summed E-state index contributed by atoms with van der Waals surface area (Å²) in [6.45, 7) is 15.9. The summed E-state index contributed by atoms with van der Waals surface area (Å²) in [6.07, 6.45) is 2.66. The topological polar surface area (TPSA) is 65.2 Å². The van der Waals surface area contributed by atoms with E-state index < -0.39 is 22.2 Å². The van der Waals surface area contributed by atoms with E-state index in [1.54, 1.807) is 0 Å². The van der Waals surface area contributed by atoms with Crippen LogP contribution in [0.1, 0.15) is 57.9 Å². The molecule has 6 rings (SSSR count). The lowest BCUT2D eigenvalue weighted by atomic mass is 9.36. The first-order valence-electron chi connectivity index (χ1n) is 11.4. The van der Waals surface area contributed by atoms with Crippen LogP contribution in [-0.4, -0.2) is 33.2 Å². The van der Waals surface area contributed by atoms with Gasteiger partial charge in [0, 0.05) is 38.9 Å². The SMILES string of the molecule is C=C[C@@]1(C)[C@H](Cl)C[C@@H]2C(C)(C)c3cccc4[nH]c5c(c34)[C@@]2(O)[C@]1([NH2+][CH2-])[C@@]1(CO1)C5(C)C. The second-order valence-corrected chi connectivity index (χ2v) is 12.1. The molecule has 1 saturated heterocycles. The van der Waals surface area contributed by atoms with Crippen molar-refractivity contribution < 1.29 is 15.2 Å². The average molecular weight is 441 g/mol. The van der Waals surface area contributed by atoms with Gasteiger partial charge in [0.1, 0.15) is 5.54 Å². The third-order valence-electron chi connectivity index (χ3n) is 10.3. The van der Waals surface area contributed by atoms with Gasteiger partial charge in [-0.05, 0) is 30.4 Å². The number of fused-ring (bicyclic) bond motifs is 1. The number of ether oxygens (including phenoxy) is 1. The molecule has 0 unspecified atom stereocenters. The largest absolute Gasteiger partial charge is 0.468 e. The Balaban J connectivity index is 1.90. The van der Waals surface area contributed by atoms with E-state index in [1.165, 1.54) is 5.56 Å². The van der Waals surface area contributed by atoms with Crippen molar-refractivity contribution >= 4 is 22.5 Å². The van der Waals surface area contributed by atoms with Crippen LogP contribution < -0.4 is 5.32 Å². The molecule has 1 aromatic carbocycles. The Bertz CT molecular complexity index is 1160. The van der Waals surface area contributed by atoms with Crippen LogP contribution in [-0.2, 0) is 21.2 Å². The van der Waals surface area contributed by atoms with Crippen molar-refractivity contribution in [3.8, 4) is 0 Å². The zero-order valence-corrected chi connectivity index (χ0v) is 19.9. The average Bonchev–Trinajstić information content (AvgIpc) is 3.42. The molecule has 1 aliphatic heterocycles. The normalized spacial score (nSPS) is 45.7. The van der Waals surface area contributed by atoms with Gasteiger partial charge in [0.2, 0.25) is 0 Å². The number of quaternary nitrogens is 1. The highest BCUT2D eigenvalue weighted by Crippen LogP contribution is 2.75. The fourth-order valence-electron chi connectivity index (χ4n) is 8.49. The van der Waals surface area contributed by atoms with Crippen molar-refractivity contribution in [3.63, 3.8) is 0 Å². The minimum Gasteiger partial charge on any atom is -0.468 e. The van der Waals surface area contributed by atoms with Gasteiger partial charge in [-0.1, -0.05) is 45.9 Å². The van der Waals surface area contributed by atoms with Crippen molar-refractivity contribution in [3.05, 3.63) is 54.7 Å². The first kappa shape index (κ1) is 20.3. The zero-order valence-electron chi connectivity index (χ0n) is 19.1. The third-order valence-corrected chi connectivity index (χ3v) is 10.9. The second kappa shape index (κ2) is 5.25. The van der Waals surface area contributed by atoms with Gasteiger partial charge in [-0.3, -0.25) is 0 Å². The van der Waals surface area contributed by atoms with Crippen LogP contribution in [0.2, 0.25) is 0 Å². The van der Waals surface area contributed by atoms with E-state index in [4.69, 9.17) is 16.3 Å². The number of halogens is 1. The molecule has 31 heavy (non-hydrogen) atoms. The highest BCUT2D eigenvalue weighted by molar-refractivity contribution is 6.21. The molecule has 3 aliphatic carbocycles. The Hall–Kier alpha value is -1.33. The maximum absolute atomic E-state index is 13.2. The summed E-state index contributed by atoms with van der Waals surface area (Å²) < 4.78 is 6.46. The lowest BCUT2D eigenvalue weighted by molar-refractivity contribution is -0.731. The Morgan fingerprint density at radius 3 is 2.55 bits per heavy atom. The van der Waals surface area contributed by atoms with E-state index in [1.807, 2.05) is 11.4 Å². The molecular formula is C26H33ClN2O2. The van der Waals surface area contributed by atoms with Crippen LogP contribution in [0.25, 0.3) is 10.9 Å². The summed E-state index contributed by atoms with van der Waals surface area (Å²) in [7, 11) is 4.37. The minimum atomic E-state index is -1.18. The van der Waals surface area contributed by atoms with E-state index in [9.17, 15) is 5.11 Å². The second-order valence-electron chi connectivity index (χ2n) is 11.6. The van der Waals surface area contributed by atoms with Gasteiger partial charge in [-0.25, -0.2) is 0 Å². The van der Waals surface area contributed by atoms with Crippen molar-refractivity contribution in [1.82, 2.24) is 4.98 Å². The number of epoxide rings is 1. The fourth-order valence-corrected chi connectivity index (χ4v) is 8.93. The predicted octanol–water partition coefficient (Wildman–Crippen LogP) is 3.62. The monoisotopic (exact) mass is 440 g/mol. The molecule has 1 aromatic heterocycles. The highest BCUT2D eigenvalue weighted by atomic mass is 35.5. The van der Waals surface area contributed by atoms with Gasteiger partial charge in [-0.15, -0.1) is 18.2 Å². The molecule has 0 bridgehead atoms. The number of alkyl halides is 1. The Kier molecular flexibility index (Phi) is 3.44. The molecule has 6 atom stereocenters. The van der Waals surface area contributed by atoms with Gasteiger partial charge in [0.25, 0.3) is 0 Å². The van der Waals surface area contributed by atoms with Crippen LogP contribution in [0.3, 0.4) is 0 Å². The number of nitrogens with one attached hydrogen (secondary N) is 1. The number of hydrogen-bond donors (Lipinski definition) is 3. The molecule has 4 aliphatic rings. The number of nitrogens with two attached hydrogens (primary N) is 1. The molecule has 0 radical (unpaired) electrons. The summed E-state index contributed by atoms with van der Waals surface area (Å²) in [5.41, 5.74) is 0.625. The van der Waals surface area contributed by atoms with Crippen LogP contribution >= 0.6 is 11.6 Å². The van der Waals surface area contributed by atoms with Gasteiger partial charge in [0.05, 0.1) is 12.0 Å². The highest BCUT2D eigenvalue weighted by Gasteiger charge is 2.89. The molecule has 1 saturated carbocycles. The Morgan fingerprint density at radius 2 is 1.97 bits per heavy atom. The summed E-state index contributed by atoms with van der Waals surface area (Å²) in [5, 5.41) is 16.2. The van der Waals surface area contributed by atoms with Gasteiger partial charge in [-0.2, -0.15) is 7.05 Å². The van der Waals surface area contributed by atoms with Crippen molar-refractivity contribution in [2.24, 2.45) is 11.3 Å². The zero-order chi connectivity index (χ0) is 22.4. The van der Waals surface area contributed by atoms with E-state index in [2.05, 4.69) is 71.4 Å². The third kappa shape index (κ3) is 1.64. The molecule has 2 heterocycles. The first-order valence-corrected chi connectivity index (χ1v) is 11.8. The number of benzene rings is 1. The Morgan fingerprint density at radius 1 is 1.29 bits per heavy atom. The number of rotatable bonds is 2. The molecule has 166 valence electrons. The van der Waals surface area contributed by atoms with E-state index in [0.717, 1.165) is 22.2 Å². The molecule has 4 nitrogen and oxygen atoms in total. The predicted molar refractivity (Wildman–Crippen MR) is 123 cm³/mol. The van der Waals surface area contributed by atoms with Gasteiger partial charge >= 0.3 is 0 Å². The number of hydrogen-bond acceptors (Lipinski definition) is 2. The summed E-state index contributed by atoms with van der Waals surface area (Å²) >= 11 is 7.25. The molecule has 4 N–H and O–H groups in total. The molecule has 1 spiro atoms. The molecule has 2 fully saturated rings. The van der Waals surface area contributed by atoms with Crippen LogP contribution in [0, 0.1) is 18.4 Å². The smallest absolute Gasteiger partial charge is 0.158 e. The lowest BCUT2D eigenvalue weighted by Gasteiger charge is -2.71. The van der Waals surface area contributed by atoms with Crippen LogP contribution in [0.4, 0.5) is 0 Å². The van der Waals surface area contributed by atoms with Gasteiger partial charge < -0.3 is 20.1 Å². The van der Waals surface area contributed by atoms with Crippen molar-refractivity contribution in [2.45, 2.75) is 74.0 Å². The summed E-state index contributed by atoms with van der Waals surface area (Å²) in [6, 6.07) is 6.47. The summed E-state index contributed by atoms with van der Waals surface area (Å²) in [5.74, 6) is -0.0849. The quantitative estimate of drug-likeness (QED) is 0.289. The standard InChI is InChI=1S/C26H33ClN2O2/c1-8-23(6)17(27)12-16-21(2,3)14-10-9-11-15-18(14)19-20(29-15)22(4,5)24(13-31-24)26(23,28-7)25(16,19)30/h8-11,16-17,29-30H,1,7,12-13,28H2,2-6H3/t16-,17-,23+,24-,25-,26-/m1/s1. The van der Waals surface area contributed by atoms with E-state index in [-0.39, 0.29) is 22.1 Å². The fraction of sp³-hybridized carbons (Fsp3) is 0.577. The van der Waals surface area contributed by atoms with Gasteiger partial charge in [0.15, 0.2) is 11.2 Å². The summed E-state index contributed by atoms with van der Waals surface area (Å²) in [4.78, 5) is 3.73. The maximum atomic E-state index is 13.2. The van der Waals surface area contributed by atoms with Crippen LogP contribution in [0.15, 0.2) is 30.9 Å². The maximum Gasteiger partial charge on any atom is 0.158 e. The first-order chi connectivity index (χ1) is 14.4. The molecule has 0 amide bonds. The number of aliphatic hydroxyl groups is 1. The van der Waals surface area contributed by atoms with Crippen LogP contribution in [0.5, 0.6) is 0 Å². The molecule has 5 heteroatoms. The van der Waals surface area contributed by atoms with E-state index >= 15 is 0 Å². The number of H-pyrrole nitrogens is 1. The number of aromatic nitrogens is 1. The molecule has 2 aromatic rings. The van der Waals surface area contributed by atoms with Crippen molar-refractivity contribution in [2.75, 3.05) is 6.61 Å². The number of aromatic amines is 1. The molecular weight excluding hydrogens is 408 g/mol. The minimum absolute atomic E-state index is 0.0849.